The van der Waals surface area contributed by atoms with E-state index in [1.165, 1.54) is 32.1 Å². The average molecular weight is 251 g/mol. The Balaban J connectivity index is 1.95. The largest absolute Gasteiger partial charge is 0.351 e. The van der Waals surface area contributed by atoms with Gasteiger partial charge in [-0.2, -0.15) is 0 Å². The molecule has 0 radical (unpaired) electrons. The van der Waals surface area contributed by atoms with Gasteiger partial charge in [0.15, 0.2) is 0 Å². The quantitative estimate of drug-likeness (QED) is 0.806. The third kappa shape index (κ3) is 3.49. The molecule has 0 aromatic rings. The minimum Gasteiger partial charge on any atom is -0.351 e. The molecule has 1 amide bonds. The number of hydrogen-bond donors (Lipinski definition) is 1. The van der Waals surface area contributed by atoms with E-state index in [-0.39, 0.29) is 11.4 Å². The first-order valence-electron chi connectivity index (χ1n) is 7.80. The van der Waals surface area contributed by atoms with Crippen LogP contribution in [0, 0.1) is 17.8 Å². The van der Waals surface area contributed by atoms with E-state index in [1.54, 1.807) is 0 Å². The Morgan fingerprint density at radius 2 is 1.94 bits per heavy atom. The molecule has 1 saturated carbocycles. The van der Waals surface area contributed by atoms with Gasteiger partial charge in [0, 0.05) is 12.0 Å². The monoisotopic (exact) mass is 251 g/mol. The summed E-state index contributed by atoms with van der Waals surface area (Å²) in [6.45, 7) is 6.92. The second-order valence-corrected chi connectivity index (χ2v) is 7.26. The summed E-state index contributed by atoms with van der Waals surface area (Å²) in [4.78, 5) is 11.6. The van der Waals surface area contributed by atoms with Gasteiger partial charge in [-0.15, -0.1) is 0 Å². The van der Waals surface area contributed by atoms with Gasteiger partial charge < -0.3 is 5.32 Å². The molecule has 2 fully saturated rings. The fourth-order valence-electron chi connectivity index (χ4n) is 4.03. The minimum atomic E-state index is 0.135. The van der Waals surface area contributed by atoms with Crippen LogP contribution in [0.5, 0.6) is 0 Å². The van der Waals surface area contributed by atoms with Crippen molar-refractivity contribution in [3.8, 4) is 0 Å². The Morgan fingerprint density at radius 1 is 1.28 bits per heavy atom. The first-order valence-corrected chi connectivity index (χ1v) is 7.80. The van der Waals surface area contributed by atoms with Crippen LogP contribution < -0.4 is 5.32 Å². The van der Waals surface area contributed by atoms with Crippen molar-refractivity contribution < 1.29 is 4.79 Å². The molecule has 0 aromatic heterocycles. The van der Waals surface area contributed by atoms with Crippen LogP contribution in [0.3, 0.4) is 0 Å². The predicted molar refractivity (Wildman–Crippen MR) is 75.3 cm³/mol. The summed E-state index contributed by atoms with van der Waals surface area (Å²) in [5, 5.41) is 3.32. The highest BCUT2D eigenvalue weighted by Crippen LogP contribution is 2.39. The van der Waals surface area contributed by atoms with Crippen LogP contribution in [-0.2, 0) is 4.79 Å². The zero-order chi connectivity index (χ0) is 13.2. The van der Waals surface area contributed by atoms with Crippen molar-refractivity contribution in [2.24, 2.45) is 17.8 Å². The molecule has 1 aliphatic carbocycles. The van der Waals surface area contributed by atoms with Gasteiger partial charge >= 0.3 is 0 Å². The number of nitrogens with one attached hydrogen (secondary N) is 1. The second-order valence-electron chi connectivity index (χ2n) is 7.26. The van der Waals surface area contributed by atoms with Crippen LogP contribution in [0.2, 0.25) is 0 Å². The van der Waals surface area contributed by atoms with E-state index < -0.39 is 0 Å². The summed E-state index contributed by atoms with van der Waals surface area (Å²) in [6, 6.07) is 0. The molecule has 2 heteroatoms. The van der Waals surface area contributed by atoms with Gasteiger partial charge in [-0.3, -0.25) is 4.79 Å². The fraction of sp³-hybridized carbons (Fsp3) is 0.938. The standard InChI is InChI=1S/C16H29NO/c1-12(2)10-16(9-8-15(18)17-16)11-14-6-4-13(3)5-7-14/h12-14H,4-11H2,1-3H3,(H,17,18). The molecule has 1 heterocycles. The van der Waals surface area contributed by atoms with E-state index in [4.69, 9.17) is 0 Å². The third-order valence-corrected chi connectivity index (χ3v) is 4.85. The molecule has 2 rings (SSSR count). The Labute approximate surface area is 112 Å². The molecule has 1 saturated heterocycles. The summed E-state index contributed by atoms with van der Waals surface area (Å²) in [7, 11) is 0. The summed E-state index contributed by atoms with van der Waals surface area (Å²) in [6.07, 6.45) is 9.71. The lowest BCUT2D eigenvalue weighted by atomic mass is 9.73. The maximum atomic E-state index is 11.6. The number of rotatable bonds is 4. The van der Waals surface area contributed by atoms with Gasteiger partial charge in [-0.05, 0) is 37.0 Å². The minimum absolute atomic E-state index is 0.135. The highest BCUT2D eigenvalue weighted by Gasteiger charge is 2.40. The van der Waals surface area contributed by atoms with Crippen LogP contribution >= 0.6 is 0 Å². The van der Waals surface area contributed by atoms with E-state index in [2.05, 4.69) is 26.1 Å². The van der Waals surface area contributed by atoms with E-state index in [0.717, 1.165) is 31.1 Å². The zero-order valence-electron chi connectivity index (χ0n) is 12.3. The molecule has 0 spiro atoms. The molecular weight excluding hydrogens is 222 g/mol. The van der Waals surface area contributed by atoms with Crippen molar-refractivity contribution in [3.63, 3.8) is 0 Å². The topological polar surface area (TPSA) is 29.1 Å². The number of carbonyl (C=O) groups excluding carboxylic acids is 1. The molecule has 0 aromatic carbocycles. The molecule has 1 atom stereocenters. The van der Waals surface area contributed by atoms with E-state index >= 15 is 0 Å². The summed E-state index contributed by atoms with van der Waals surface area (Å²) >= 11 is 0. The molecular formula is C16H29NO. The molecule has 18 heavy (non-hydrogen) atoms. The van der Waals surface area contributed by atoms with Crippen LogP contribution in [0.25, 0.3) is 0 Å². The number of amides is 1. The van der Waals surface area contributed by atoms with Crippen LogP contribution in [-0.4, -0.2) is 11.4 Å². The average Bonchev–Trinajstić information content (AvgIpc) is 2.62. The molecule has 2 aliphatic rings. The maximum absolute atomic E-state index is 11.6. The van der Waals surface area contributed by atoms with Gasteiger partial charge in [-0.25, -0.2) is 0 Å². The van der Waals surface area contributed by atoms with Gasteiger partial charge in [0.05, 0.1) is 0 Å². The maximum Gasteiger partial charge on any atom is 0.220 e. The van der Waals surface area contributed by atoms with Crippen LogP contribution in [0.1, 0.15) is 72.1 Å². The van der Waals surface area contributed by atoms with Crippen molar-refractivity contribution >= 4 is 5.91 Å². The van der Waals surface area contributed by atoms with E-state index in [9.17, 15) is 4.79 Å². The number of hydrogen-bond acceptors (Lipinski definition) is 1. The highest BCUT2D eigenvalue weighted by molar-refractivity contribution is 5.79. The lowest BCUT2D eigenvalue weighted by molar-refractivity contribution is -0.120. The Hall–Kier alpha value is -0.530. The summed E-state index contributed by atoms with van der Waals surface area (Å²) in [5.74, 6) is 2.71. The normalized spacial score (nSPS) is 37.0. The van der Waals surface area contributed by atoms with E-state index in [1.807, 2.05) is 0 Å². The molecule has 2 nitrogen and oxygen atoms in total. The van der Waals surface area contributed by atoms with Gasteiger partial charge in [-0.1, -0.05) is 46.5 Å². The third-order valence-electron chi connectivity index (χ3n) is 4.85. The van der Waals surface area contributed by atoms with Crippen LogP contribution in [0.4, 0.5) is 0 Å². The highest BCUT2D eigenvalue weighted by atomic mass is 16.2. The zero-order valence-corrected chi connectivity index (χ0v) is 12.3. The van der Waals surface area contributed by atoms with Gasteiger partial charge in [0.2, 0.25) is 5.91 Å². The van der Waals surface area contributed by atoms with Gasteiger partial charge in [0.1, 0.15) is 0 Å². The van der Waals surface area contributed by atoms with Crippen molar-refractivity contribution in [2.75, 3.05) is 0 Å². The Bertz CT molecular complexity index is 291. The predicted octanol–water partition coefficient (Wildman–Crippen LogP) is 3.90. The molecule has 1 aliphatic heterocycles. The summed E-state index contributed by atoms with van der Waals surface area (Å²) in [5.41, 5.74) is 0.135. The lowest BCUT2D eigenvalue weighted by Gasteiger charge is -2.37. The van der Waals surface area contributed by atoms with Crippen molar-refractivity contribution in [1.29, 1.82) is 0 Å². The van der Waals surface area contributed by atoms with Crippen molar-refractivity contribution in [1.82, 2.24) is 5.32 Å². The summed E-state index contributed by atoms with van der Waals surface area (Å²) < 4.78 is 0. The first-order chi connectivity index (χ1) is 8.49. The Morgan fingerprint density at radius 3 is 2.44 bits per heavy atom. The lowest BCUT2D eigenvalue weighted by Crippen LogP contribution is -2.44. The first kappa shape index (κ1) is 13.9. The van der Waals surface area contributed by atoms with Gasteiger partial charge in [0.25, 0.3) is 0 Å². The fourth-order valence-corrected chi connectivity index (χ4v) is 4.03. The molecule has 0 bridgehead atoms. The Kier molecular flexibility index (Phi) is 4.34. The van der Waals surface area contributed by atoms with Crippen molar-refractivity contribution in [2.45, 2.75) is 77.7 Å². The molecule has 1 N–H and O–H groups in total. The van der Waals surface area contributed by atoms with Crippen molar-refractivity contribution in [3.05, 3.63) is 0 Å². The van der Waals surface area contributed by atoms with E-state index in [0.29, 0.717) is 5.92 Å². The SMILES string of the molecule is CC(C)CC1(CC2CCC(C)CC2)CCC(=O)N1. The smallest absolute Gasteiger partial charge is 0.220 e. The molecule has 104 valence electrons. The second kappa shape index (κ2) is 5.63. The molecule has 1 unspecified atom stereocenters. The number of carbonyl (C=O) groups is 1. The van der Waals surface area contributed by atoms with Crippen LogP contribution in [0.15, 0.2) is 0 Å².